The number of benzene rings is 1. The van der Waals surface area contributed by atoms with Crippen LogP contribution in [0.4, 0.5) is 4.39 Å². The summed E-state index contributed by atoms with van der Waals surface area (Å²) in [5.41, 5.74) is 5.59. The molecule has 0 amide bonds. The van der Waals surface area contributed by atoms with Crippen LogP contribution in [0.1, 0.15) is 5.56 Å². The molecule has 4 nitrogen and oxygen atoms in total. The molecule has 1 aromatic rings. The SMILES string of the molecule is CN1CCOC(COc2ccc(C#CCN)c(F)c2)C1. The summed E-state index contributed by atoms with van der Waals surface area (Å²) in [5, 5.41) is 0. The van der Waals surface area contributed by atoms with Crippen LogP contribution >= 0.6 is 0 Å². The number of rotatable bonds is 3. The standard InChI is InChI=1S/C15H19FN2O2/c1-18-7-8-19-14(10-18)11-20-13-5-4-12(3-2-6-17)15(16)9-13/h4-5,9,14H,6-8,10-11,17H2,1H3. The van der Waals surface area contributed by atoms with Gasteiger partial charge in [0.05, 0.1) is 18.7 Å². The third-order valence-electron chi connectivity index (χ3n) is 3.04. The number of halogens is 1. The van der Waals surface area contributed by atoms with Crippen molar-refractivity contribution in [3.05, 3.63) is 29.6 Å². The quantitative estimate of drug-likeness (QED) is 0.833. The number of morpholine rings is 1. The van der Waals surface area contributed by atoms with Crippen molar-refractivity contribution in [1.82, 2.24) is 4.90 Å². The van der Waals surface area contributed by atoms with Gasteiger partial charge >= 0.3 is 0 Å². The molecule has 1 fully saturated rings. The van der Waals surface area contributed by atoms with E-state index in [2.05, 4.69) is 16.7 Å². The van der Waals surface area contributed by atoms with Crippen LogP contribution in [0.2, 0.25) is 0 Å². The van der Waals surface area contributed by atoms with E-state index in [1.165, 1.54) is 6.07 Å². The van der Waals surface area contributed by atoms with Gasteiger partial charge in [-0.3, -0.25) is 0 Å². The van der Waals surface area contributed by atoms with Gasteiger partial charge in [-0.25, -0.2) is 4.39 Å². The molecule has 1 atom stereocenters. The van der Waals surface area contributed by atoms with E-state index >= 15 is 0 Å². The highest BCUT2D eigenvalue weighted by molar-refractivity contribution is 5.39. The van der Waals surface area contributed by atoms with Crippen LogP contribution in [0, 0.1) is 17.7 Å². The van der Waals surface area contributed by atoms with E-state index < -0.39 is 5.82 Å². The summed E-state index contributed by atoms with van der Waals surface area (Å²) < 4.78 is 24.9. The summed E-state index contributed by atoms with van der Waals surface area (Å²) >= 11 is 0. The lowest BCUT2D eigenvalue weighted by atomic mass is 10.2. The lowest BCUT2D eigenvalue weighted by Crippen LogP contribution is -2.42. The van der Waals surface area contributed by atoms with E-state index in [0.717, 1.165) is 13.1 Å². The van der Waals surface area contributed by atoms with Crippen LogP contribution in [0.5, 0.6) is 5.75 Å². The maximum absolute atomic E-state index is 13.7. The molecule has 20 heavy (non-hydrogen) atoms. The predicted octanol–water partition coefficient (Wildman–Crippen LogP) is 0.845. The highest BCUT2D eigenvalue weighted by Gasteiger charge is 2.18. The molecule has 1 saturated heterocycles. The molecule has 0 saturated carbocycles. The molecule has 0 spiro atoms. The molecule has 0 radical (unpaired) electrons. The third-order valence-corrected chi connectivity index (χ3v) is 3.04. The topological polar surface area (TPSA) is 47.7 Å². The average molecular weight is 278 g/mol. The molecule has 5 heteroatoms. The van der Waals surface area contributed by atoms with Gasteiger partial charge in [0.15, 0.2) is 0 Å². The monoisotopic (exact) mass is 278 g/mol. The summed E-state index contributed by atoms with van der Waals surface area (Å²) in [6.07, 6.45) is 0.0218. The zero-order chi connectivity index (χ0) is 14.4. The summed E-state index contributed by atoms with van der Waals surface area (Å²) in [6.45, 7) is 3.08. The molecule has 2 N–H and O–H groups in total. The van der Waals surface area contributed by atoms with E-state index in [-0.39, 0.29) is 12.6 Å². The fraction of sp³-hybridized carbons (Fsp3) is 0.467. The zero-order valence-electron chi connectivity index (χ0n) is 11.6. The fourth-order valence-corrected chi connectivity index (χ4v) is 1.99. The van der Waals surface area contributed by atoms with Crippen molar-refractivity contribution in [3.63, 3.8) is 0 Å². The van der Waals surface area contributed by atoms with Crippen LogP contribution < -0.4 is 10.5 Å². The van der Waals surface area contributed by atoms with E-state index in [4.69, 9.17) is 15.2 Å². The Balaban J connectivity index is 1.91. The predicted molar refractivity (Wildman–Crippen MR) is 75.1 cm³/mol. The summed E-state index contributed by atoms with van der Waals surface area (Å²) in [6, 6.07) is 4.64. The van der Waals surface area contributed by atoms with E-state index in [9.17, 15) is 4.39 Å². The first-order valence-corrected chi connectivity index (χ1v) is 6.60. The Labute approximate surface area is 118 Å². The van der Waals surface area contributed by atoms with E-state index in [0.29, 0.717) is 24.5 Å². The second-order valence-corrected chi connectivity index (χ2v) is 4.71. The number of likely N-dealkylation sites (N-methyl/N-ethyl adjacent to an activating group) is 1. The molecule has 0 aromatic heterocycles. The number of hydrogen-bond donors (Lipinski definition) is 1. The van der Waals surface area contributed by atoms with Crippen molar-refractivity contribution in [1.29, 1.82) is 0 Å². The molecular formula is C15H19FN2O2. The first-order valence-electron chi connectivity index (χ1n) is 6.60. The number of nitrogens with zero attached hydrogens (tertiary/aromatic N) is 1. The zero-order valence-corrected chi connectivity index (χ0v) is 11.6. The number of hydrogen-bond acceptors (Lipinski definition) is 4. The van der Waals surface area contributed by atoms with Gasteiger partial charge in [-0.15, -0.1) is 0 Å². The summed E-state index contributed by atoms with van der Waals surface area (Å²) in [4.78, 5) is 2.18. The highest BCUT2D eigenvalue weighted by atomic mass is 19.1. The second kappa shape index (κ2) is 7.25. The lowest BCUT2D eigenvalue weighted by molar-refractivity contribution is -0.0403. The van der Waals surface area contributed by atoms with E-state index in [1.807, 2.05) is 7.05 Å². The van der Waals surface area contributed by atoms with E-state index in [1.54, 1.807) is 12.1 Å². The minimum atomic E-state index is -0.398. The second-order valence-electron chi connectivity index (χ2n) is 4.71. The number of nitrogens with two attached hydrogens (primary N) is 1. The molecule has 1 unspecified atom stereocenters. The minimum Gasteiger partial charge on any atom is -0.491 e. The molecule has 0 aliphatic carbocycles. The Morgan fingerprint density at radius 3 is 3.10 bits per heavy atom. The molecule has 1 aromatic carbocycles. The molecule has 2 rings (SSSR count). The smallest absolute Gasteiger partial charge is 0.142 e. The molecular weight excluding hydrogens is 259 g/mol. The van der Waals surface area contributed by atoms with Crippen LogP contribution in [0.3, 0.4) is 0 Å². The number of ether oxygens (including phenoxy) is 2. The maximum Gasteiger partial charge on any atom is 0.142 e. The van der Waals surface area contributed by atoms with Gasteiger partial charge in [-0.2, -0.15) is 0 Å². The van der Waals surface area contributed by atoms with Crippen molar-refractivity contribution in [2.24, 2.45) is 5.73 Å². The van der Waals surface area contributed by atoms with Gasteiger partial charge in [0.25, 0.3) is 0 Å². The summed E-state index contributed by atoms with van der Waals surface area (Å²) in [5.74, 6) is 5.38. The molecule has 108 valence electrons. The van der Waals surface area contributed by atoms with Gasteiger partial charge in [-0.1, -0.05) is 11.8 Å². The van der Waals surface area contributed by atoms with Gasteiger partial charge in [0, 0.05) is 19.2 Å². The lowest BCUT2D eigenvalue weighted by Gasteiger charge is -2.29. The van der Waals surface area contributed by atoms with Crippen molar-refractivity contribution >= 4 is 0 Å². The average Bonchev–Trinajstić information content (AvgIpc) is 2.44. The molecule has 1 aliphatic heterocycles. The first kappa shape index (κ1) is 14.8. The van der Waals surface area contributed by atoms with Crippen LogP contribution in [-0.2, 0) is 4.74 Å². The van der Waals surface area contributed by atoms with Crippen LogP contribution in [0.15, 0.2) is 18.2 Å². The van der Waals surface area contributed by atoms with Gasteiger partial charge in [0.2, 0.25) is 0 Å². The van der Waals surface area contributed by atoms with Crippen molar-refractivity contribution in [2.45, 2.75) is 6.10 Å². The maximum atomic E-state index is 13.7. The Kier molecular flexibility index (Phi) is 5.36. The Bertz CT molecular complexity index is 510. The van der Waals surface area contributed by atoms with Crippen molar-refractivity contribution < 1.29 is 13.9 Å². The van der Waals surface area contributed by atoms with Gasteiger partial charge < -0.3 is 20.1 Å². The van der Waals surface area contributed by atoms with Crippen molar-refractivity contribution in [3.8, 4) is 17.6 Å². The Morgan fingerprint density at radius 1 is 1.55 bits per heavy atom. The minimum absolute atomic E-state index is 0.0218. The Hall–Kier alpha value is -1.61. The van der Waals surface area contributed by atoms with Gasteiger partial charge in [-0.05, 0) is 19.2 Å². The van der Waals surface area contributed by atoms with Crippen LogP contribution in [0.25, 0.3) is 0 Å². The largest absolute Gasteiger partial charge is 0.491 e. The highest BCUT2D eigenvalue weighted by Crippen LogP contribution is 2.17. The normalized spacial score (nSPS) is 19.2. The first-order chi connectivity index (χ1) is 9.69. The fourth-order valence-electron chi connectivity index (χ4n) is 1.99. The molecule has 0 bridgehead atoms. The summed E-state index contributed by atoms with van der Waals surface area (Å²) in [7, 11) is 2.04. The molecule has 1 aliphatic rings. The van der Waals surface area contributed by atoms with Crippen LogP contribution in [-0.4, -0.2) is 50.9 Å². The molecule has 1 heterocycles. The Morgan fingerprint density at radius 2 is 2.40 bits per heavy atom. The van der Waals surface area contributed by atoms with Crippen molar-refractivity contribution in [2.75, 3.05) is 39.9 Å². The third kappa shape index (κ3) is 4.20. The van der Waals surface area contributed by atoms with Gasteiger partial charge in [0.1, 0.15) is 24.3 Å².